The van der Waals surface area contributed by atoms with E-state index in [-0.39, 0.29) is 43.6 Å². The van der Waals surface area contributed by atoms with Gasteiger partial charge < -0.3 is 14.0 Å². The molecule has 45 heavy (non-hydrogen) atoms. The summed E-state index contributed by atoms with van der Waals surface area (Å²) in [6.45, 7) is 11.2. The van der Waals surface area contributed by atoms with Crippen LogP contribution in [0.15, 0.2) is 18.3 Å². The van der Waals surface area contributed by atoms with E-state index in [0.717, 1.165) is 11.3 Å². The molecule has 3 aromatic heterocycles. The van der Waals surface area contributed by atoms with E-state index in [4.69, 9.17) is 21.1 Å². The van der Waals surface area contributed by atoms with Gasteiger partial charge in [0, 0.05) is 35.7 Å². The number of fused-ring (bicyclic) bond motifs is 6. The number of ether oxygens (including phenoxy) is 2. The molecule has 0 unspecified atom stereocenters. The highest BCUT2D eigenvalue weighted by atomic mass is 35.5. The molecular formula is C30H28ClF3N6O4S. The fourth-order valence-electron chi connectivity index (χ4n) is 5.17. The molecule has 4 heterocycles. The van der Waals surface area contributed by atoms with Crippen LogP contribution in [0.2, 0.25) is 5.02 Å². The molecule has 0 aliphatic carbocycles. The van der Waals surface area contributed by atoms with Crippen molar-refractivity contribution in [2.24, 2.45) is 0 Å². The third-order valence-electron chi connectivity index (χ3n) is 6.85. The van der Waals surface area contributed by atoms with Crippen LogP contribution in [-0.4, -0.2) is 54.4 Å². The van der Waals surface area contributed by atoms with E-state index in [1.54, 1.807) is 41.5 Å². The molecule has 5 aromatic rings. The molecule has 1 aliphatic heterocycles. The molecule has 0 bridgehead atoms. The van der Waals surface area contributed by atoms with Crippen LogP contribution in [0.25, 0.3) is 43.3 Å². The zero-order chi connectivity index (χ0) is 32.6. The quantitative estimate of drug-likeness (QED) is 0.204. The first kappa shape index (κ1) is 30.8. The van der Waals surface area contributed by atoms with Gasteiger partial charge in [0.1, 0.15) is 39.7 Å². The minimum atomic E-state index is -1.10. The molecule has 1 N–H and O–H groups in total. The average Bonchev–Trinajstić information content (AvgIpc) is 3.49. The molecule has 2 amide bonds. The van der Waals surface area contributed by atoms with E-state index >= 15 is 8.78 Å². The summed E-state index contributed by atoms with van der Waals surface area (Å²) in [5.41, 5.74) is -1.54. The van der Waals surface area contributed by atoms with Crippen molar-refractivity contribution < 1.29 is 32.2 Å². The number of aromatic nitrogens is 4. The van der Waals surface area contributed by atoms with Crippen LogP contribution in [0.5, 0.6) is 0 Å². The molecule has 0 fully saturated rings. The number of thiazole rings is 1. The lowest BCUT2D eigenvalue weighted by Gasteiger charge is -2.30. The van der Waals surface area contributed by atoms with Gasteiger partial charge >= 0.3 is 12.2 Å². The van der Waals surface area contributed by atoms with E-state index in [9.17, 15) is 14.0 Å². The Kier molecular flexibility index (Phi) is 7.35. The topological polar surface area (TPSA) is 111 Å². The number of imidazole rings is 1. The fraction of sp³-hybridized carbons (Fsp3) is 0.367. The van der Waals surface area contributed by atoms with Crippen molar-refractivity contribution in [2.75, 3.05) is 11.9 Å². The monoisotopic (exact) mass is 660 g/mol. The Bertz CT molecular complexity index is 2050. The zero-order valence-electron chi connectivity index (χ0n) is 25.1. The first-order valence-corrected chi connectivity index (χ1v) is 15.1. The summed E-state index contributed by atoms with van der Waals surface area (Å²) in [6.07, 6.45) is 0.0799. The number of amides is 2. The van der Waals surface area contributed by atoms with E-state index in [0.29, 0.717) is 41.4 Å². The van der Waals surface area contributed by atoms with Gasteiger partial charge in [-0.05, 0) is 47.6 Å². The Morgan fingerprint density at radius 1 is 0.956 bits per heavy atom. The Labute approximate surface area is 264 Å². The number of carbonyl (C=O) groups is 2. The maximum atomic E-state index is 16.4. The average molecular weight is 661 g/mol. The predicted octanol–water partition coefficient (Wildman–Crippen LogP) is 8.03. The van der Waals surface area contributed by atoms with Gasteiger partial charge in [-0.2, -0.15) is 0 Å². The van der Waals surface area contributed by atoms with Crippen LogP contribution >= 0.6 is 22.9 Å². The second-order valence-corrected chi connectivity index (χ2v) is 14.0. The Morgan fingerprint density at radius 2 is 1.67 bits per heavy atom. The number of anilines is 1. The van der Waals surface area contributed by atoms with Crippen molar-refractivity contribution in [1.29, 1.82) is 0 Å². The van der Waals surface area contributed by atoms with Crippen LogP contribution < -0.4 is 5.32 Å². The first-order chi connectivity index (χ1) is 21.0. The lowest BCUT2D eigenvalue weighted by atomic mass is 10.00. The summed E-state index contributed by atoms with van der Waals surface area (Å²) in [5, 5.41) is 2.50. The number of benzene rings is 2. The molecule has 0 atom stereocenters. The number of rotatable bonds is 2. The molecule has 10 nitrogen and oxygen atoms in total. The third kappa shape index (κ3) is 5.72. The molecule has 1 aliphatic rings. The molecule has 15 heteroatoms. The smallest absolute Gasteiger partial charge is 0.413 e. The molecule has 0 saturated heterocycles. The van der Waals surface area contributed by atoms with Crippen molar-refractivity contribution in [1.82, 2.24) is 24.4 Å². The van der Waals surface area contributed by atoms with Crippen LogP contribution in [0.3, 0.4) is 0 Å². The van der Waals surface area contributed by atoms with Crippen molar-refractivity contribution in [3.05, 3.63) is 46.6 Å². The van der Waals surface area contributed by atoms with E-state index in [1.165, 1.54) is 17.2 Å². The Hall–Kier alpha value is -4.17. The summed E-state index contributed by atoms with van der Waals surface area (Å²) in [7, 11) is 0. The Balaban J connectivity index is 1.45. The second-order valence-electron chi connectivity index (χ2n) is 12.6. The largest absolute Gasteiger partial charge is 0.444 e. The van der Waals surface area contributed by atoms with Gasteiger partial charge in [0.2, 0.25) is 0 Å². The van der Waals surface area contributed by atoms with Gasteiger partial charge in [-0.15, -0.1) is 0 Å². The highest BCUT2D eigenvalue weighted by Crippen LogP contribution is 2.44. The van der Waals surface area contributed by atoms with Crippen LogP contribution in [0.4, 0.5) is 27.9 Å². The van der Waals surface area contributed by atoms with Gasteiger partial charge in [-0.25, -0.2) is 32.7 Å². The summed E-state index contributed by atoms with van der Waals surface area (Å²) >= 11 is 7.39. The number of hydrogen-bond acceptors (Lipinski definition) is 8. The second kappa shape index (κ2) is 10.7. The SMILES string of the molecule is CC(C)(C)OC(=O)Nc1nc2c(-c3c(Cl)cc4c(ncc5nc6n(c54)CCN(C(=O)OC(C)(C)C)C6)c3F)c(F)cc(F)c2s1. The highest BCUT2D eigenvalue weighted by molar-refractivity contribution is 7.22. The normalized spacial score (nSPS) is 13.9. The number of carbonyl (C=O) groups excluding carboxylic acids is 2. The summed E-state index contributed by atoms with van der Waals surface area (Å²) in [6, 6.07) is 2.08. The Morgan fingerprint density at radius 3 is 2.36 bits per heavy atom. The summed E-state index contributed by atoms with van der Waals surface area (Å²) in [4.78, 5) is 39.6. The number of nitrogens with one attached hydrogen (secondary N) is 1. The van der Waals surface area contributed by atoms with Crippen LogP contribution in [0, 0.1) is 17.5 Å². The van der Waals surface area contributed by atoms with Gasteiger partial charge in [0.25, 0.3) is 0 Å². The molecule has 236 valence electrons. The van der Waals surface area contributed by atoms with Gasteiger partial charge in [0.15, 0.2) is 10.9 Å². The van der Waals surface area contributed by atoms with Crippen LogP contribution in [0.1, 0.15) is 47.4 Å². The minimum absolute atomic E-state index is 0.0755. The fourth-order valence-corrected chi connectivity index (χ4v) is 6.33. The summed E-state index contributed by atoms with van der Waals surface area (Å²) < 4.78 is 59.2. The standard InChI is InChI=1S/C30H28ClF3N6O4S/c1-29(2,3)43-27(41)38-26-37-23-20(15(32)10-16(33)25(23)45-26)19-14(31)9-13-22(21(19)34)35-11-17-24(13)40-8-7-39(12-18(40)36-17)28(42)44-30(4,5)6/h9-11H,7-8,12H2,1-6H3,(H,37,38,41). The lowest BCUT2D eigenvalue weighted by Crippen LogP contribution is -2.41. The maximum absolute atomic E-state index is 16.4. The maximum Gasteiger partial charge on any atom is 0.413 e. The molecule has 0 spiro atoms. The molecular weight excluding hydrogens is 633 g/mol. The van der Waals surface area contributed by atoms with E-state index < -0.39 is 40.8 Å². The lowest BCUT2D eigenvalue weighted by molar-refractivity contribution is 0.0196. The number of hydrogen-bond donors (Lipinski definition) is 1. The van der Waals surface area contributed by atoms with Crippen LogP contribution in [-0.2, 0) is 22.6 Å². The van der Waals surface area contributed by atoms with Gasteiger partial charge in [0.05, 0.1) is 33.5 Å². The summed E-state index contributed by atoms with van der Waals surface area (Å²) in [5.74, 6) is -2.43. The third-order valence-corrected chi connectivity index (χ3v) is 8.12. The van der Waals surface area contributed by atoms with Gasteiger partial charge in [-0.1, -0.05) is 22.9 Å². The van der Waals surface area contributed by atoms with E-state index in [1.807, 2.05) is 4.57 Å². The minimum Gasteiger partial charge on any atom is -0.444 e. The van der Waals surface area contributed by atoms with Crippen molar-refractivity contribution in [3.63, 3.8) is 0 Å². The number of pyridine rings is 1. The van der Waals surface area contributed by atoms with Crippen molar-refractivity contribution in [3.8, 4) is 11.1 Å². The van der Waals surface area contributed by atoms with Crippen molar-refractivity contribution in [2.45, 2.75) is 65.8 Å². The van der Waals surface area contributed by atoms with E-state index in [2.05, 4.69) is 20.3 Å². The first-order valence-electron chi connectivity index (χ1n) is 13.9. The number of halogens is 4. The van der Waals surface area contributed by atoms with Gasteiger partial charge in [-0.3, -0.25) is 15.2 Å². The molecule has 2 aromatic carbocycles. The molecule has 6 rings (SSSR count). The molecule has 0 saturated carbocycles. The predicted molar refractivity (Wildman–Crippen MR) is 165 cm³/mol. The van der Waals surface area contributed by atoms with Crippen molar-refractivity contribution >= 4 is 72.4 Å². The number of nitrogens with zero attached hydrogens (tertiary/aromatic N) is 5. The zero-order valence-corrected chi connectivity index (χ0v) is 26.7. The highest BCUT2D eigenvalue weighted by Gasteiger charge is 2.30. The molecule has 0 radical (unpaired) electrons.